The summed E-state index contributed by atoms with van der Waals surface area (Å²) in [5.41, 5.74) is 1.39. The van der Waals surface area contributed by atoms with E-state index in [0.717, 1.165) is 12.5 Å². The lowest BCUT2D eigenvalue weighted by Crippen LogP contribution is -2.26. The summed E-state index contributed by atoms with van der Waals surface area (Å²) in [6.07, 6.45) is 2.84. The van der Waals surface area contributed by atoms with Crippen LogP contribution in [0.1, 0.15) is 25.3 Å². The standard InChI is InChI=1S/C10H14BrNS/c1-7(9-2-3-9)12-5-8-4-10(11)13-6-8/h4,6-7,9,12H,2-3,5H2,1H3. The first-order chi connectivity index (χ1) is 6.25. The van der Waals surface area contributed by atoms with Crippen LogP contribution in [0, 0.1) is 5.92 Å². The molecule has 1 atom stereocenters. The van der Waals surface area contributed by atoms with Crippen molar-refractivity contribution in [3.8, 4) is 0 Å². The second kappa shape index (κ2) is 4.11. The van der Waals surface area contributed by atoms with Crippen LogP contribution < -0.4 is 5.32 Å². The topological polar surface area (TPSA) is 12.0 Å². The predicted octanol–water partition coefficient (Wildman–Crippen LogP) is 3.40. The highest BCUT2D eigenvalue weighted by atomic mass is 79.9. The summed E-state index contributed by atoms with van der Waals surface area (Å²) in [7, 11) is 0. The monoisotopic (exact) mass is 259 g/mol. The van der Waals surface area contributed by atoms with E-state index in [1.807, 2.05) is 0 Å². The summed E-state index contributed by atoms with van der Waals surface area (Å²) in [4.78, 5) is 0. The highest BCUT2D eigenvalue weighted by molar-refractivity contribution is 9.11. The molecule has 1 N–H and O–H groups in total. The number of hydrogen-bond acceptors (Lipinski definition) is 2. The van der Waals surface area contributed by atoms with E-state index in [1.165, 1.54) is 22.2 Å². The van der Waals surface area contributed by atoms with E-state index < -0.39 is 0 Å². The van der Waals surface area contributed by atoms with Crippen LogP contribution >= 0.6 is 27.3 Å². The Balaban J connectivity index is 1.78. The van der Waals surface area contributed by atoms with Crippen molar-refractivity contribution in [2.24, 2.45) is 5.92 Å². The van der Waals surface area contributed by atoms with Gasteiger partial charge in [0.2, 0.25) is 0 Å². The van der Waals surface area contributed by atoms with E-state index in [-0.39, 0.29) is 0 Å². The third-order valence-corrected chi connectivity index (χ3v) is 4.13. The highest BCUT2D eigenvalue weighted by Crippen LogP contribution is 2.32. The first-order valence-corrected chi connectivity index (χ1v) is 6.39. The minimum absolute atomic E-state index is 0.693. The van der Waals surface area contributed by atoms with Gasteiger partial charge >= 0.3 is 0 Å². The van der Waals surface area contributed by atoms with Crippen LogP contribution in [0.5, 0.6) is 0 Å². The molecular weight excluding hydrogens is 246 g/mol. The zero-order chi connectivity index (χ0) is 9.26. The number of thiophene rings is 1. The minimum atomic E-state index is 0.693. The Kier molecular flexibility index (Phi) is 3.06. The molecule has 1 nitrogen and oxygen atoms in total. The van der Waals surface area contributed by atoms with E-state index in [4.69, 9.17) is 0 Å². The zero-order valence-corrected chi connectivity index (χ0v) is 10.1. The Labute approximate surface area is 91.7 Å². The van der Waals surface area contributed by atoms with E-state index in [0.29, 0.717) is 6.04 Å². The molecule has 2 rings (SSSR count). The molecule has 3 heteroatoms. The molecule has 1 aliphatic rings. The lowest BCUT2D eigenvalue weighted by molar-refractivity contribution is 0.496. The summed E-state index contributed by atoms with van der Waals surface area (Å²) in [5, 5.41) is 5.77. The van der Waals surface area contributed by atoms with E-state index in [1.54, 1.807) is 11.3 Å². The summed E-state index contributed by atoms with van der Waals surface area (Å²) < 4.78 is 1.23. The number of nitrogens with one attached hydrogen (secondary N) is 1. The largest absolute Gasteiger partial charge is 0.310 e. The van der Waals surface area contributed by atoms with Gasteiger partial charge < -0.3 is 5.32 Å². The van der Waals surface area contributed by atoms with Gasteiger partial charge in [-0.15, -0.1) is 11.3 Å². The molecule has 1 aromatic heterocycles. The summed E-state index contributed by atoms with van der Waals surface area (Å²) >= 11 is 5.23. The molecule has 0 amide bonds. The van der Waals surface area contributed by atoms with Gasteiger partial charge in [-0.05, 0) is 58.6 Å². The predicted molar refractivity (Wildman–Crippen MR) is 61.0 cm³/mol. The SMILES string of the molecule is CC(NCc1csc(Br)c1)C1CC1. The van der Waals surface area contributed by atoms with Crippen LogP contribution in [-0.2, 0) is 6.54 Å². The third-order valence-electron chi connectivity index (χ3n) is 2.58. The smallest absolute Gasteiger partial charge is 0.0701 e. The van der Waals surface area contributed by atoms with Gasteiger partial charge in [-0.2, -0.15) is 0 Å². The summed E-state index contributed by atoms with van der Waals surface area (Å²) in [6, 6.07) is 2.88. The van der Waals surface area contributed by atoms with Gasteiger partial charge in [-0.3, -0.25) is 0 Å². The zero-order valence-electron chi connectivity index (χ0n) is 7.72. The Morgan fingerprint density at radius 1 is 1.69 bits per heavy atom. The van der Waals surface area contributed by atoms with Crippen molar-refractivity contribution in [1.82, 2.24) is 5.32 Å². The van der Waals surface area contributed by atoms with Crippen molar-refractivity contribution in [2.75, 3.05) is 0 Å². The Morgan fingerprint density at radius 2 is 2.46 bits per heavy atom. The molecule has 0 aliphatic heterocycles. The second-order valence-electron chi connectivity index (χ2n) is 3.77. The van der Waals surface area contributed by atoms with Crippen LogP contribution in [-0.4, -0.2) is 6.04 Å². The Hall–Kier alpha value is 0.140. The molecule has 1 saturated carbocycles. The van der Waals surface area contributed by atoms with Crippen LogP contribution in [0.2, 0.25) is 0 Å². The second-order valence-corrected chi connectivity index (χ2v) is 6.06. The lowest BCUT2D eigenvalue weighted by Gasteiger charge is -2.11. The van der Waals surface area contributed by atoms with Gasteiger partial charge in [0.05, 0.1) is 3.79 Å². The minimum Gasteiger partial charge on any atom is -0.310 e. The fourth-order valence-electron chi connectivity index (χ4n) is 1.48. The summed E-state index contributed by atoms with van der Waals surface area (Å²) in [6.45, 7) is 3.30. The molecule has 72 valence electrons. The van der Waals surface area contributed by atoms with Gasteiger partial charge in [-0.25, -0.2) is 0 Å². The quantitative estimate of drug-likeness (QED) is 0.874. The molecule has 1 fully saturated rings. The van der Waals surface area contributed by atoms with Crippen LogP contribution in [0.25, 0.3) is 0 Å². The van der Waals surface area contributed by atoms with Gasteiger partial charge in [0.25, 0.3) is 0 Å². The van der Waals surface area contributed by atoms with Crippen molar-refractivity contribution in [2.45, 2.75) is 32.4 Å². The van der Waals surface area contributed by atoms with Gasteiger partial charge in [0, 0.05) is 12.6 Å². The van der Waals surface area contributed by atoms with Gasteiger partial charge in [-0.1, -0.05) is 0 Å². The van der Waals surface area contributed by atoms with Crippen molar-refractivity contribution < 1.29 is 0 Å². The maximum absolute atomic E-state index is 3.56. The molecule has 1 aromatic rings. The van der Waals surface area contributed by atoms with Crippen LogP contribution in [0.3, 0.4) is 0 Å². The van der Waals surface area contributed by atoms with Crippen molar-refractivity contribution in [3.63, 3.8) is 0 Å². The first-order valence-electron chi connectivity index (χ1n) is 4.72. The number of halogens is 1. The molecule has 0 aromatic carbocycles. The van der Waals surface area contributed by atoms with Gasteiger partial charge in [0.15, 0.2) is 0 Å². The first kappa shape index (κ1) is 9.69. The molecule has 0 bridgehead atoms. The molecule has 1 heterocycles. The fourth-order valence-corrected chi connectivity index (χ4v) is 2.69. The maximum Gasteiger partial charge on any atom is 0.0701 e. The normalized spacial score (nSPS) is 18.9. The molecular formula is C10H14BrNS. The molecule has 13 heavy (non-hydrogen) atoms. The lowest BCUT2D eigenvalue weighted by atomic mass is 10.2. The van der Waals surface area contributed by atoms with Crippen molar-refractivity contribution >= 4 is 27.3 Å². The molecule has 0 spiro atoms. The Bertz CT molecular complexity index is 280. The average molecular weight is 260 g/mol. The van der Waals surface area contributed by atoms with Gasteiger partial charge in [0.1, 0.15) is 0 Å². The van der Waals surface area contributed by atoms with E-state index >= 15 is 0 Å². The molecule has 1 aliphatic carbocycles. The molecule has 0 radical (unpaired) electrons. The van der Waals surface area contributed by atoms with E-state index in [2.05, 4.69) is 39.6 Å². The highest BCUT2D eigenvalue weighted by Gasteiger charge is 2.27. The molecule has 0 saturated heterocycles. The third kappa shape index (κ3) is 2.79. The maximum atomic E-state index is 3.56. The number of hydrogen-bond donors (Lipinski definition) is 1. The number of rotatable bonds is 4. The molecule has 1 unspecified atom stereocenters. The average Bonchev–Trinajstić information content (AvgIpc) is 2.87. The van der Waals surface area contributed by atoms with E-state index in [9.17, 15) is 0 Å². The van der Waals surface area contributed by atoms with Crippen molar-refractivity contribution in [3.05, 3.63) is 20.8 Å². The van der Waals surface area contributed by atoms with Crippen molar-refractivity contribution in [1.29, 1.82) is 0 Å². The van der Waals surface area contributed by atoms with Crippen LogP contribution in [0.4, 0.5) is 0 Å². The summed E-state index contributed by atoms with van der Waals surface area (Å²) in [5.74, 6) is 0.946. The Morgan fingerprint density at radius 3 is 3.00 bits per heavy atom. The fraction of sp³-hybridized carbons (Fsp3) is 0.600. The van der Waals surface area contributed by atoms with Crippen LogP contribution in [0.15, 0.2) is 15.2 Å².